The first-order valence-corrected chi connectivity index (χ1v) is 13.6. The third-order valence-corrected chi connectivity index (χ3v) is 7.20. The van der Waals surface area contributed by atoms with Gasteiger partial charge in [-0.15, -0.1) is 0 Å². The minimum Gasteiger partial charge on any atom is -0.506 e. The smallest absolute Gasteiger partial charge is 0.340 e. The average Bonchev–Trinajstić information content (AvgIpc) is 2.77. The van der Waals surface area contributed by atoms with E-state index in [9.17, 15) is 15.0 Å². The van der Waals surface area contributed by atoms with Gasteiger partial charge in [-0.2, -0.15) is 0 Å². The minimum atomic E-state index is -1.09. The highest BCUT2D eigenvalue weighted by atomic mass is 16.4. The van der Waals surface area contributed by atoms with Gasteiger partial charge in [0.15, 0.2) is 0 Å². The molecule has 198 valence electrons. The van der Waals surface area contributed by atoms with Crippen LogP contribution in [-0.4, -0.2) is 16.2 Å². The highest BCUT2D eigenvalue weighted by Crippen LogP contribution is 2.42. The van der Waals surface area contributed by atoms with E-state index in [2.05, 4.69) is 107 Å². The molecule has 0 fully saturated rings. The van der Waals surface area contributed by atoms with Crippen LogP contribution in [0.2, 0.25) is 0 Å². The predicted octanol–water partition coefficient (Wildman–Crippen LogP) is 9.94. The molecule has 0 aliphatic heterocycles. The molecule has 0 aliphatic carbocycles. The quantitative estimate of drug-likeness (QED) is 0.208. The fourth-order valence-corrected chi connectivity index (χ4v) is 4.93. The molecule has 0 unspecified atom stereocenters. The fourth-order valence-electron chi connectivity index (χ4n) is 4.93. The van der Waals surface area contributed by atoms with E-state index >= 15 is 0 Å². The number of rotatable bonds is 9. The van der Waals surface area contributed by atoms with Crippen LogP contribution in [0.15, 0.2) is 24.3 Å². The summed E-state index contributed by atoms with van der Waals surface area (Å²) in [5, 5.41) is 22.6. The van der Waals surface area contributed by atoms with Gasteiger partial charge in [-0.1, -0.05) is 107 Å². The van der Waals surface area contributed by atoms with Crippen LogP contribution < -0.4 is 0 Å². The fraction of sp³-hybridized carbons (Fsp3) is 0.545. The van der Waals surface area contributed by atoms with E-state index in [1.165, 1.54) is 11.1 Å². The van der Waals surface area contributed by atoms with Gasteiger partial charge >= 0.3 is 5.97 Å². The largest absolute Gasteiger partial charge is 0.506 e. The number of aliphatic hydroxyl groups is 1. The van der Waals surface area contributed by atoms with E-state index in [0.29, 0.717) is 23.0 Å². The van der Waals surface area contributed by atoms with E-state index in [-0.39, 0.29) is 35.0 Å². The SMILES string of the molecule is CC(C)c1cc(C(C)C)c(/C(O)=C(\C(=O)O)c2c(C(C)C)cc(C(C)C)cc2C(C)C)c(C(C)C)c1. The van der Waals surface area contributed by atoms with Gasteiger partial charge in [0.2, 0.25) is 0 Å². The van der Waals surface area contributed by atoms with Crippen LogP contribution in [-0.2, 0) is 4.79 Å². The number of hydrogen-bond donors (Lipinski definition) is 2. The Morgan fingerprint density at radius 2 is 0.778 bits per heavy atom. The van der Waals surface area contributed by atoms with Crippen LogP contribution in [0.5, 0.6) is 0 Å². The van der Waals surface area contributed by atoms with Gasteiger partial charge in [-0.25, -0.2) is 4.79 Å². The van der Waals surface area contributed by atoms with Gasteiger partial charge in [-0.05, 0) is 74.5 Å². The molecule has 2 N–H and O–H groups in total. The highest BCUT2D eigenvalue weighted by molar-refractivity contribution is 6.23. The number of benzene rings is 2. The Kier molecular flexibility index (Phi) is 9.62. The van der Waals surface area contributed by atoms with Crippen LogP contribution in [0.3, 0.4) is 0 Å². The van der Waals surface area contributed by atoms with E-state index in [4.69, 9.17) is 0 Å². The lowest BCUT2D eigenvalue weighted by Crippen LogP contribution is -2.14. The highest BCUT2D eigenvalue weighted by Gasteiger charge is 2.30. The molecule has 3 heteroatoms. The molecule has 0 radical (unpaired) electrons. The Labute approximate surface area is 219 Å². The first-order valence-electron chi connectivity index (χ1n) is 13.6. The molecular formula is C33H48O3. The van der Waals surface area contributed by atoms with Crippen molar-refractivity contribution in [1.82, 2.24) is 0 Å². The normalized spacial score (nSPS) is 13.1. The molecule has 2 aromatic rings. The summed E-state index contributed by atoms with van der Waals surface area (Å²) >= 11 is 0. The Morgan fingerprint density at radius 3 is 1.00 bits per heavy atom. The summed E-state index contributed by atoms with van der Waals surface area (Å²) in [5.74, 6) is -0.0769. The Bertz CT molecular complexity index is 1070. The monoisotopic (exact) mass is 492 g/mol. The maximum Gasteiger partial charge on any atom is 0.340 e. The number of aliphatic hydroxyl groups excluding tert-OH is 1. The molecule has 0 saturated carbocycles. The third-order valence-electron chi connectivity index (χ3n) is 7.20. The van der Waals surface area contributed by atoms with Gasteiger partial charge in [0.1, 0.15) is 11.3 Å². The average molecular weight is 493 g/mol. The van der Waals surface area contributed by atoms with Crippen LogP contribution in [0.4, 0.5) is 0 Å². The van der Waals surface area contributed by atoms with Crippen molar-refractivity contribution in [2.24, 2.45) is 0 Å². The lowest BCUT2D eigenvalue weighted by Gasteiger charge is -2.26. The molecule has 3 nitrogen and oxygen atoms in total. The first-order chi connectivity index (χ1) is 16.6. The second kappa shape index (κ2) is 11.7. The van der Waals surface area contributed by atoms with Gasteiger partial charge in [0.25, 0.3) is 0 Å². The van der Waals surface area contributed by atoms with Crippen molar-refractivity contribution < 1.29 is 15.0 Å². The van der Waals surface area contributed by atoms with Crippen molar-refractivity contribution in [3.05, 3.63) is 68.8 Å². The van der Waals surface area contributed by atoms with Crippen molar-refractivity contribution in [2.45, 2.75) is 119 Å². The molecule has 2 aromatic carbocycles. The molecule has 0 aromatic heterocycles. The van der Waals surface area contributed by atoms with Crippen molar-refractivity contribution in [3.63, 3.8) is 0 Å². The number of hydrogen-bond acceptors (Lipinski definition) is 2. The van der Waals surface area contributed by atoms with E-state index in [1.807, 2.05) is 0 Å². The number of carboxylic acids is 1. The van der Waals surface area contributed by atoms with E-state index in [0.717, 1.165) is 22.3 Å². The lowest BCUT2D eigenvalue weighted by atomic mass is 9.78. The van der Waals surface area contributed by atoms with Crippen molar-refractivity contribution in [3.8, 4) is 0 Å². The molecule has 36 heavy (non-hydrogen) atoms. The maximum absolute atomic E-state index is 13.0. The molecule has 2 rings (SSSR count). The van der Waals surface area contributed by atoms with Gasteiger partial charge < -0.3 is 10.2 Å². The van der Waals surface area contributed by atoms with Gasteiger partial charge in [0, 0.05) is 5.56 Å². The molecule has 0 aliphatic rings. The lowest BCUT2D eigenvalue weighted by molar-refractivity contribution is -0.130. The minimum absolute atomic E-state index is 0.0128. The third kappa shape index (κ3) is 6.05. The van der Waals surface area contributed by atoms with E-state index < -0.39 is 5.97 Å². The van der Waals surface area contributed by atoms with Crippen LogP contribution >= 0.6 is 0 Å². The standard InChI is InChI=1S/C33H48O3/c1-17(2)23-13-25(19(5)6)29(26(14-23)20(7)8)31(33(35)36)32(34)30-27(21(9)10)15-24(18(3)4)16-28(30)22(11)12/h13-22,34H,1-12H3,(H,35,36)/b32-31+. The van der Waals surface area contributed by atoms with Gasteiger partial charge in [0.05, 0.1) is 0 Å². The number of aliphatic carboxylic acids is 1. The predicted molar refractivity (Wildman–Crippen MR) is 154 cm³/mol. The molecular weight excluding hydrogens is 444 g/mol. The van der Waals surface area contributed by atoms with Gasteiger partial charge in [-0.3, -0.25) is 0 Å². The molecule has 0 amide bonds. The second-order valence-corrected chi connectivity index (χ2v) is 12.1. The summed E-state index contributed by atoms with van der Waals surface area (Å²) < 4.78 is 0. The second-order valence-electron chi connectivity index (χ2n) is 12.1. The zero-order valence-electron chi connectivity index (χ0n) is 24.6. The summed E-state index contributed by atoms with van der Waals surface area (Å²) in [4.78, 5) is 13.0. The summed E-state index contributed by atoms with van der Waals surface area (Å²) in [6.07, 6.45) is 0. The molecule has 0 saturated heterocycles. The Morgan fingerprint density at radius 1 is 0.500 bits per heavy atom. The maximum atomic E-state index is 13.0. The number of carbonyl (C=O) groups is 1. The summed E-state index contributed by atoms with van der Waals surface area (Å²) in [6, 6.07) is 8.59. The summed E-state index contributed by atoms with van der Waals surface area (Å²) in [7, 11) is 0. The molecule has 0 heterocycles. The molecule has 0 atom stereocenters. The van der Waals surface area contributed by atoms with Crippen molar-refractivity contribution in [2.75, 3.05) is 0 Å². The number of carboxylic acid groups (broad SMARTS) is 1. The summed E-state index contributed by atoms with van der Waals surface area (Å²) in [6.45, 7) is 25.5. The van der Waals surface area contributed by atoms with Crippen molar-refractivity contribution in [1.29, 1.82) is 0 Å². The molecule has 0 bridgehead atoms. The molecule has 0 spiro atoms. The van der Waals surface area contributed by atoms with Crippen LogP contribution in [0, 0.1) is 0 Å². The Hall–Kier alpha value is -2.55. The Balaban J connectivity index is 3.17. The van der Waals surface area contributed by atoms with Crippen molar-refractivity contribution >= 4 is 17.3 Å². The summed E-state index contributed by atoms with van der Waals surface area (Å²) in [5.41, 5.74) is 7.72. The zero-order valence-corrected chi connectivity index (χ0v) is 24.6. The zero-order chi connectivity index (χ0) is 27.6. The van der Waals surface area contributed by atoms with E-state index in [1.54, 1.807) is 0 Å². The topological polar surface area (TPSA) is 57.5 Å². The first kappa shape index (κ1) is 29.7. The van der Waals surface area contributed by atoms with Crippen LogP contribution in [0.25, 0.3) is 11.3 Å². The van der Waals surface area contributed by atoms with Crippen LogP contribution in [0.1, 0.15) is 163 Å².